The van der Waals surface area contributed by atoms with Gasteiger partial charge in [0.1, 0.15) is 6.10 Å². The van der Waals surface area contributed by atoms with Gasteiger partial charge in [-0.15, -0.1) is 0 Å². The van der Waals surface area contributed by atoms with Crippen molar-refractivity contribution in [2.45, 2.75) is 109 Å². The maximum Gasteiger partial charge on any atom is 0.305 e. The highest BCUT2D eigenvalue weighted by Crippen LogP contribution is 2.32. The molecule has 1 N–H and O–H groups in total. The van der Waals surface area contributed by atoms with E-state index in [1.165, 1.54) is 39.2 Å². The zero-order chi connectivity index (χ0) is 16.9. The molecule has 1 heterocycles. The summed E-state index contributed by atoms with van der Waals surface area (Å²) < 4.78 is 10.2. The molecule has 0 saturated carbocycles. The molecule has 0 aromatic carbocycles. The number of esters is 1. The Bertz CT molecular complexity index is 306. The number of unbranched alkanes of at least 4 members (excludes halogenated alkanes) is 8. The molecule has 0 radical (unpaired) electrons. The summed E-state index contributed by atoms with van der Waals surface area (Å²) in [7, 11) is 1.43. The van der Waals surface area contributed by atoms with Crippen molar-refractivity contribution in [3.8, 4) is 0 Å². The fraction of sp³-hybridized carbons (Fsp3) is 0.947. The molecule has 1 aliphatic rings. The summed E-state index contributed by atoms with van der Waals surface area (Å²) in [6, 6.07) is 0. The summed E-state index contributed by atoms with van der Waals surface area (Å²) >= 11 is 0. The number of carbonyl (C=O) groups excluding carboxylic acids is 1. The van der Waals surface area contributed by atoms with E-state index in [0.717, 1.165) is 44.9 Å². The van der Waals surface area contributed by atoms with E-state index in [4.69, 9.17) is 4.74 Å². The lowest BCUT2D eigenvalue weighted by Crippen LogP contribution is -2.16. The molecule has 4 heteroatoms. The zero-order valence-electron chi connectivity index (χ0n) is 15.1. The summed E-state index contributed by atoms with van der Waals surface area (Å²) in [6.07, 6.45) is 14.3. The Balaban J connectivity index is 1.87. The average Bonchev–Trinajstić information content (AvgIpc) is 3.33. The average molecular weight is 328 g/mol. The van der Waals surface area contributed by atoms with Gasteiger partial charge in [-0.3, -0.25) is 4.79 Å². The largest absolute Gasteiger partial charge is 0.469 e. The third-order valence-electron chi connectivity index (χ3n) is 4.70. The molecule has 4 nitrogen and oxygen atoms in total. The highest BCUT2D eigenvalue weighted by atomic mass is 16.6. The Kier molecular flexibility index (Phi) is 11.3. The van der Waals surface area contributed by atoms with Gasteiger partial charge in [0, 0.05) is 6.42 Å². The molecular formula is C19H36O4. The van der Waals surface area contributed by atoms with E-state index < -0.39 is 0 Å². The highest BCUT2D eigenvalue weighted by Gasteiger charge is 2.42. The number of aliphatic hydroxyl groups excluding tert-OH is 1. The van der Waals surface area contributed by atoms with Gasteiger partial charge in [-0.2, -0.15) is 0 Å². The molecule has 136 valence electrons. The van der Waals surface area contributed by atoms with Gasteiger partial charge in [-0.1, -0.05) is 64.7 Å². The summed E-state index contributed by atoms with van der Waals surface area (Å²) in [6.45, 7) is 2.23. The van der Waals surface area contributed by atoms with Crippen LogP contribution in [-0.2, 0) is 14.3 Å². The van der Waals surface area contributed by atoms with Crippen LogP contribution in [-0.4, -0.2) is 36.5 Å². The number of hydrogen-bond acceptors (Lipinski definition) is 4. The Morgan fingerprint density at radius 3 is 2.43 bits per heavy atom. The van der Waals surface area contributed by atoms with E-state index in [9.17, 15) is 9.90 Å². The van der Waals surface area contributed by atoms with Crippen molar-refractivity contribution in [2.24, 2.45) is 0 Å². The molecule has 0 aromatic rings. The molecule has 0 aromatic heterocycles. The van der Waals surface area contributed by atoms with E-state index in [1.807, 2.05) is 0 Å². The number of rotatable bonds is 15. The maximum absolute atomic E-state index is 11.0. The summed E-state index contributed by atoms with van der Waals surface area (Å²) in [5.41, 5.74) is 0. The van der Waals surface area contributed by atoms with Crippen molar-refractivity contribution in [3.63, 3.8) is 0 Å². The first kappa shape index (κ1) is 20.4. The molecule has 3 unspecified atom stereocenters. The van der Waals surface area contributed by atoms with E-state index >= 15 is 0 Å². The van der Waals surface area contributed by atoms with Gasteiger partial charge in [0.05, 0.1) is 19.3 Å². The van der Waals surface area contributed by atoms with Crippen LogP contribution in [0.15, 0.2) is 0 Å². The fourth-order valence-corrected chi connectivity index (χ4v) is 3.10. The van der Waals surface area contributed by atoms with Crippen LogP contribution in [0.1, 0.15) is 90.4 Å². The normalized spacial score (nSPS) is 21.2. The summed E-state index contributed by atoms with van der Waals surface area (Å²) in [4.78, 5) is 11.0. The standard InChI is InChI=1S/C19H36O4/c1-3-4-5-7-11-14-17-19(23-17)16(20)13-10-8-6-9-12-15-18(21)22-2/h16-17,19-20H,3-15H2,1-2H3. The minimum absolute atomic E-state index is 0.0977. The number of ether oxygens (including phenoxy) is 2. The van der Waals surface area contributed by atoms with E-state index in [0.29, 0.717) is 12.5 Å². The molecule has 1 fully saturated rings. The van der Waals surface area contributed by atoms with Crippen molar-refractivity contribution in [2.75, 3.05) is 7.11 Å². The number of hydrogen-bond donors (Lipinski definition) is 1. The van der Waals surface area contributed by atoms with Crippen molar-refractivity contribution in [1.82, 2.24) is 0 Å². The first-order chi connectivity index (χ1) is 11.2. The minimum atomic E-state index is -0.286. The maximum atomic E-state index is 11.0. The van der Waals surface area contributed by atoms with Crippen LogP contribution in [0.4, 0.5) is 0 Å². The third kappa shape index (κ3) is 9.98. The molecule has 23 heavy (non-hydrogen) atoms. The monoisotopic (exact) mass is 328 g/mol. The van der Waals surface area contributed by atoms with Crippen LogP contribution in [0, 0.1) is 0 Å². The minimum Gasteiger partial charge on any atom is -0.469 e. The molecule has 1 saturated heterocycles. The van der Waals surface area contributed by atoms with Crippen LogP contribution in [0.25, 0.3) is 0 Å². The topological polar surface area (TPSA) is 59.1 Å². The van der Waals surface area contributed by atoms with Gasteiger partial charge in [0.2, 0.25) is 0 Å². The lowest BCUT2D eigenvalue weighted by molar-refractivity contribution is -0.140. The van der Waals surface area contributed by atoms with Gasteiger partial charge in [0.15, 0.2) is 0 Å². The summed E-state index contributed by atoms with van der Waals surface area (Å²) in [5, 5.41) is 10.1. The number of epoxide rings is 1. The predicted molar refractivity (Wildman–Crippen MR) is 92.4 cm³/mol. The second kappa shape index (κ2) is 12.8. The lowest BCUT2D eigenvalue weighted by atomic mass is 10.0. The van der Waals surface area contributed by atoms with Crippen molar-refractivity contribution in [1.29, 1.82) is 0 Å². The zero-order valence-corrected chi connectivity index (χ0v) is 15.1. The van der Waals surface area contributed by atoms with Crippen LogP contribution in [0.2, 0.25) is 0 Å². The Hall–Kier alpha value is -0.610. The summed E-state index contributed by atoms with van der Waals surface area (Å²) in [5.74, 6) is -0.118. The second-order valence-corrected chi connectivity index (χ2v) is 6.79. The smallest absolute Gasteiger partial charge is 0.305 e. The lowest BCUT2D eigenvalue weighted by Gasteiger charge is -2.07. The van der Waals surface area contributed by atoms with Crippen molar-refractivity contribution in [3.05, 3.63) is 0 Å². The highest BCUT2D eigenvalue weighted by molar-refractivity contribution is 5.68. The SMILES string of the molecule is CCCCCCCC1OC1C(O)CCCCCCCC(=O)OC. The van der Waals surface area contributed by atoms with Gasteiger partial charge in [-0.05, 0) is 19.3 Å². The van der Waals surface area contributed by atoms with E-state index in [2.05, 4.69) is 11.7 Å². The third-order valence-corrected chi connectivity index (χ3v) is 4.70. The number of aliphatic hydroxyl groups is 1. The van der Waals surface area contributed by atoms with Gasteiger partial charge in [0.25, 0.3) is 0 Å². The molecule has 3 atom stereocenters. The molecule has 0 spiro atoms. The van der Waals surface area contributed by atoms with Gasteiger partial charge >= 0.3 is 5.97 Å². The number of methoxy groups -OCH3 is 1. The fourth-order valence-electron chi connectivity index (χ4n) is 3.10. The Labute approximate surface area is 141 Å². The van der Waals surface area contributed by atoms with E-state index in [1.54, 1.807) is 0 Å². The van der Waals surface area contributed by atoms with Crippen LogP contribution in [0.3, 0.4) is 0 Å². The Morgan fingerprint density at radius 2 is 1.70 bits per heavy atom. The molecule has 1 aliphatic heterocycles. The molecule has 1 rings (SSSR count). The molecular weight excluding hydrogens is 292 g/mol. The second-order valence-electron chi connectivity index (χ2n) is 6.79. The molecule has 0 amide bonds. The Morgan fingerprint density at radius 1 is 1.04 bits per heavy atom. The van der Waals surface area contributed by atoms with Gasteiger partial charge in [-0.25, -0.2) is 0 Å². The first-order valence-corrected chi connectivity index (χ1v) is 9.59. The van der Waals surface area contributed by atoms with Gasteiger partial charge < -0.3 is 14.6 Å². The van der Waals surface area contributed by atoms with Crippen LogP contribution < -0.4 is 0 Å². The first-order valence-electron chi connectivity index (χ1n) is 9.59. The van der Waals surface area contributed by atoms with E-state index in [-0.39, 0.29) is 18.2 Å². The van der Waals surface area contributed by atoms with Crippen LogP contribution in [0.5, 0.6) is 0 Å². The predicted octanol–water partition coefficient (Wildman–Crippen LogP) is 4.38. The molecule has 0 aliphatic carbocycles. The van der Waals surface area contributed by atoms with Crippen LogP contribution >= 0.6 is 0 Å². The van der Waals surface area contributed by atoms with Crippen molar-refractivity contribution < 1.29 is 19.4 Å². The molecule has 0 bridgehead atoms. The van der Waals surface area contributed by atoms with Crippen molar-refractivity contribution >= 4 is 5.97 Å². The quantitative estimate of drug-likeness (QED) is 0.275. The number of carbonyl (C=O) groups is 1.